The van der Waals surface area contributed by atoms with Crippen molar-refractivity contribution in [3.8, 4) is 6.19 Å². The van der Waals surface area contributed by atoms with Gasteiger partial charge in [0.25, 0.3) is 0 Å². The number of amides is 2. The number of halogens is 1. The van der Waals surface area contributed by atoms with Gasteiger partial charge in [0.2, 0.25) is 5.96 Å². The molecule has 2 N–H and O–H groups in total. The minimum absolute atomic E-state index is 0.195. The van der Waals surface area contributed by atoms with Crippen molar-refractivity contribution in [2.45, 2.75) is 12.6 Å². The summed E-state index contributed by atoms with van der Waals surface area (Å²) in [6, 6.07) is 20.2. The molecule has 1 unspecified atom stereocenters. The molecule has 2 heterocycles. The highest BCUT2D eigenvalue weighted by atomic mass is 35.5. The van der Waals surface area contributed by atoms with Gasteiger partial charge in [0.1, 0.15) is 0 Å². The second kappa shape index (κ2) is 11.2. The molecule has 8 nitrogen and oxygen atoms in total. The van der Waals surface area contributed by atoms with E-state index in [1.54, 1.807) is 36.7 Å². The first-order valence-corrected chi connectivity index (χ1v) is 11.2. The van der Waals surface area contributed by atoms with Crippen molar-refractivity contribution in [2.24, 2.45) is 4.99 Å². The van der Waals surface area contributed by atoms with Gasteiger partial charge in [-0.3, -0.25) is 10.3 Å². The van der Waals surface area contributed by atoms with Crippen LogP contribution < -0.4 is 10.6 Å². The number of benzene rings is 2. The highest BCUT2D eigenvalue weighted by Crippen LogP contribution is 2.27. The van der Waals surface area contributed by atoms with Crippen LogP contribution in [0.2, 0.25) is 5.02 Å². The Hall–Kier alpha value is -4.09. The third-order valence-corrected chi connectivity index (χ3v) is 5.80. The van der Waals surface area contributed by atoms with Crippen LogP contribution in [0.5, 0.6) is 0 Å². The van der Waals surface area contributed by atoms with Crippen LogP contribution in [0.4, 0.5) is 10.5 Å². The highest BCUT2D eigenvalue weighted by Gasteiger charge is 2.33. The van der Waals surface area contributed by atoms with Crippen LogP contribution in [0.15, 0.2) is 84.1 Å². The van der Waals surface area contributed by atoms with Crippen molar-refractivity contribution < 1.29 is 4.79 Å². The van der Waals surface area contributed by atoms with E-state index < -0.39 is 0 Å². The number of carbonyl (C=O) groups excluding carboxylic acids is 1. The van der Waals surface area contributed by atoms with Crippen LogP contribution >= 0.6 is 11.6 Å². The first-order chi connectivity index (χ1) is 16.6. The van der Waals surface area contributed by atoms with E-state index >= 15 is 0 Å². The zero-order valence-electron chi connectivity index (χ0n) is 18.4. The fourth-order valence-electron chi connectivity index (χ4n) is 3.83. The normalized spacial score (nSPS) is 16.0. The number of rotatable bonds is 4. The molecule has 3 aromatic rings. The number of hydrogen-bond acceptors (Lipinski definition) is 4. The van der Waals surface area contributed by atoms with Crippen molar-refractivity contribution in [3.05, 3.63) is 95.3 Å². The maximum absolute atomic E-state index is 13.2. The fourth-order valence-corrected chi connectivity index (χ4v) is 3.96. The van der Waals surface area contributed by atoms with Gasteiger partial charge in [0.05, 0.1) is 12.6 Å². The molecule has 1 saturated heterocycles. The van der Waals surface area contributed by atoms with E-state index in [9.17, 15) is 10.1 Å². The minimum Gasteiger partial charge on any atom is -0.338 e. The Morgan fingerprint density at radius 2 is 1.82 bits per heavy atom. The van der Waals surface area contributed by atoms with Gasteiger partial charge < -0.3 is 15.1 Å². The minimum atomic E-state index is -0.228. The second-order valence-electron chi connectivity index (χ2n) is 7.74. The lowest BCUT2D eigenvalue weighted by Crippen LogP contribution is -2.55. The van der Waals surface area contributed by atoms with Gasteiger partial charge in [-0.15, -0.1) is 0 Å². The van der Waals surface area contributed by atoms with E-state index in [-0.39, 0.29) is 12.1 Å². The van der Waals surface area contributed by atoms with Crippen LogP contribution in [-0.4, -0.2) is 46.4 Å². The number of carbonyl (C=O) groups is 1. The number of urea groups is 1. The first kappa shape index (κ1) is 23.1. The predicted octanol–water partition coefficient (Wildman–Crippen LogP) is 4.25. The molecule has 0 spiro atoms. The number of pyridine rings is 1. The highest BCUT2D eigenvalue weighted by molar-refractivity contribution is 6.30. The molecule has 1 aliphatic heterocycles. The van der Waals surface area contributed by atoms with Crippen molar-refractivity contribution in [2.75, 3.05) is 25.0 Å². The standard InChI is InChI=1S/C25H24ClN7O/c26-21-6-8-22(9-7-21)31-25(34)33-15-14-32(17-23(33)20-4-2-1-3-5-20)24(30-18-27)29-16-19-10-12-28-13-11-19/h1-13,23H,14-17H2,(H,29,30)(H,31,34). The summed E-state index contributed by atoms with van der Waals surface area (Å²) in [5.41, 5.74) is 2.67. The summed E-state index contributed by atoms with van der Waals surface area (Å²) in [7, 11) is 0. The maximum atomic E-state index is 13.2. The lowest BCUT2D eigenvalue weighted by Gasteiger charge is -2.42. The molecule has 9 heteroatoms. The number of nitriles is 1. The zero-order chi connectivity index (χ0) is 23.8. The fraction of sp³-hybridized carbons (Fsp3) is 0.200. The largest absolute Gasteiger partial charge is 0.338 e. The average molecular weight is 474 g/mol. The molecule has 1 atom stereocenters. The molecule has 1 fully saturated rings. The summed E-state index contributed by atoms with van der Waals surface area (Å²) >= 11 is 5.96. The topological polar surface area (TPSA) is 96.7 Å². The molecule has 0 bridgehead atoms. The Bertz CT molecular complexity index is 1160. The van der Waals surface area contributed by atoms with Gasteiger partial charge in [-0.2, -0.15) is 5.26 Å². The van der Waals surface area contributed by atoms with Crippen LogP contribution in [0, 0.1) is 11.5 Å². The quantitative estimate of drug-likeness (QED) is 0.255. The molecular formula is C25H24ClN7O. The summed E-state index contributed by atoms with van der Waals surface area (Å²) < 4.78 is 0. The number of piperazine rings is 1. The first-order valence-electron chi connectivity index (χ1n) is 10.9. The summed E-state index contributed by atoms with van der Waals surface area (Å²) in [5.74, 6) is 0.484. The smallest absolute Gasteiger partial charge is 0.322 e. The number of hydrogen-bond donors (Lipinski definition) is 2. The second-order valence-corrected chi connectivity index (χ2v) is 8.17. The average Bonchev–Trinajstić information content (AvgIpc) is 2.88. The monoisotopic (exact) mass is 473 g/mol. The molecular weight excluding hydrogens is 450 g/mol. The van der Waals surface area contributed by atoms with Gasteiger partial charge >= 0.3 is 6.03 Å². The van der Waals surface area contributed by atoms with Crippen molar-refractivity contribution in [1.29, 1.82) is 5.26 Å². The molecule has 2 aromatic carbocycles. The van der Waals surface area contributed by atoms with Crippen molar-refractivity contribution in [3.63, 3.8) is 0 Å². The lowest BCUT2D eigenvalue weighted by molar-refractivity contribution is 0.135. The van der Waals surface area contributed by atoms with Crippen LogP contribution in [0.3, 0.4) is 0 Å². The number of aliphatic imine (C=N–C) groups is 1. The van der Waals surface area contributed by atoms with E-state index in [4.69, 9.17) is 11.6 Å². The summed E-state index contributed by atoms with van der Waals surface area (Å²) in [5, 5.41) is 15.6. The number of aromatic nitrogens is 1. The third-order valence-electron chi connectivity index (χ3n) is 5.55. The Morgan fingerprint density at radius 1 is 1.09 bits per heavy atom. The van der Waals surface area contributed by atoms with Crippen LogP contribution in [0.1, 0.15) is 17.2 Å². The third kappa shape index (κ3) is 5.82. The Kier molecular flexibility index (Phi) is 7.58. The molecule has 0 saturated carbocycles. The van der Waals surface area contributed by atoms with Crippen LogP contribution in [-0.2, 0) is 6.54 Å². The number of anilines is 1. The van der Waals surface area contributed by atoms with Crippen LogP contribution in [0.25, 0.3) is 0 Å². The van der Waals surface area contributed by atoms with E-state index in [2.05, 4.69) is 20.6 Å². The molecule has 1 aliphatic rings. The SMILES string of the molecule is N#CNC(=NCc1ccncc1)N1CCN(C(=O)Nc2ccc(Cl)cc2)C(c2ccccc2)C1. The van der Waals surface area contributed by atoms with Gasteiger partial charge in [-0.25, -0.2) is 9.79 Å². The Morgan fingerprint density at radius 3 is 2.53 bits per heavy atom. The summed E-state index contributed by atoms with van der Waals surface area (Å²) in [6.07, 6.45) is 5.42. The molecule has 0 aliphatic carbocycles. The van der Waals surface area contributed by atoms with Gasteiger partial charge in [-0.05, 0) is 47.5 Å². The van der Waals surface area contributed by atoms with Gasteiger partial charge in [0, 0.05) is 42.7 Å². The number of nitrogens with one attached hydrogen (secondary N) is 2. The van der Waals surface area contributed by atoms with E-state index in [1.165, 1.54) is 0 Å². The Balaban J connectivity index is 1.55. The van der Waals surface area contributed by atoms with E-state index in [1.807, 2.05) is 58.5 Å². The van der Waals surface area contributed by atoms with Crippen molar-refractivity contribution >= 4 is 29.3 Å². The molecule has 0 radical (unpaired) electrons. The molecule has 172 valence electrons. The molecule has 2 amide bonds. The Labute approximate surface area is 203 Å². The summed E-state index contributed by atoms with van der Waals surface area (Å²) in [4.78, 5) is 25.7. The van der Waals surface area contributed by atoms with E-state index in [0.717, 1.165) is 11.1 Å². The van der Waals surface area contributed by atoms with E-state index in [0.29, 0.717) is 42.8 Å². The molecule has 1 aromatic heterocycles. The van der Waals surface area contributed by atoms with Gasteiger partial charge in [-0.1, -0.05) is 41.9 Å². The maximum Gasteiger partial charge on any atom is 0.322 e. The molecule has 4 rings (SSSR count). The summed E-state index contributed by atoms with van der Waals surface area (Å²) in [6.45, 7) is 1.89. The predicted molar refractivity (Wildman–Crippen MR) is 132 cm³/mol. The zero-order valence-corrected chi connectivity index (χ0v) is 19.2. The lowest BCUT2D eigenvalue weighted by atomic mass is 10.0. The molecule has 34 heavy (non-hydrogen) atoms. The van der Waals surface area contributed by atoms with Gasteiger partial charge in [0.15, 0.2) is 6.19 Å². The number of guanidine groups is 1. The van der Waals surface area contributed by atoms with Crippen molar-refractivity contribution in [1.82, 2.24) is 20.1 Å². The number of nitrogens with zero attached hydrogens (tertiary/aromatic N) is 5.